The number of hydrogen-bond acceptors (Lipinski definition) is 2. The van der Waals surface area contributed by atoms with Crippen LogP contribution in [-0.2, 0) is 10.8 Å². The summed E-state index contributed by atoms with van der Waals surface area (Å²) in [5.74, 6) is 1.54. The van der Waals surface area contributed by atoms with Crippen LogP contribution in [-0.4, -0.2) is 21.8 Å². The highest BCUT2D eigenvalue weighted by Gasteiger charge is 2.15. The Labute approximate surface area is 45.5 Å². The minimum absolute atomic E-state index is 0.223. The van der Waals surface area contributed by atoms with Crippen molar-refractivity contribution in [3.05, 3.63) is 0 Å². The van der Waals surface area contributed by atoms with E-state index in [0.29, 0.717) is 0 Å². The van der Waals surface area contributed by atoms with Crippen LogP contribution in [0.1, 0.15) is 6.42 Å². The minimum Gasteiger partial charge on any atom is -0.327 e. The van der Waals surface area contributed by atoms with E-state index in [1.54, 1.807) is 0 Å². The van der Waals surface area contributed by atoms with Gasteiger partial charge in [0.1, 0.15) is 0 Å². The Morgan fingerprint density at radius 2 is 2.43 bits per heavy atom. The molecule has 1 fully saturated rings. The van der Waals surface area contributed by atoms with Crippen LogP contribution < -0.4 is 5.73 Å². The van der Waals surface area contributed by atoms with Crippen molar-refractivity contribution in [1.29, 1.82) is 0 Å². The van der Waals surface area contributed by atoms with E-state index in [0.717, 1.165) is 17.9 Å². The quantitative estimate of drug-likeness (QED) is 0.465. The van der Waals surface area contributed by atoms with Gasteiger partial charge in [0.05, 0.1) is 0 Å². The van der Waals surface area contributed by atoms with Crippen LogP contribution in [0.15, 0.2) is 0 Å². The zero-order valence-electron chi connectivity index (χ0n) is 4.09. The molecule has 0 bridgehead atoms. The van der Waals surface area contributed by atoms with E-state index >= 15 is 0 Å². The lowest BCUT2D eigenvalue weighted by molar-refractivity contribution is 0.686. The van der Waals surface area contributed by atoms with Crippen molar-refractivity contribution in [3.63, 3.8) is 0 Å². The third-order valence-electron chi connectivity index (χ3n) is 1.12. The van der Waals surface area contributed by atoms with Crippen molar-refractivity contribution < 1.29 is 4.21 Å². The van der Waals surface area contributed by atoms with Crippen LogP contribution in [0, 0.1) is 0 Å². The summed E-state index contributed by atoms with van der Waals surface area (Å²) in [5, 5.41) is 0. The Hall–Kier alpha value is 0.110. The maximum absolute atomic E-state index is 10.5. The molecule has 0 aliphatic carbocycles. The molecule has 0 spiro atoms. The maximum atomic E-state index is 10.5. The summed E-state index contributed by atoms with van der Waals surface area (Å²) in [4.78, 5) is 0. The standard InChI is InChI=1S/C4H9NOS/c5-4-1-2-7(6)3-4/h4H,1-3,5H2/t4-,7?/m1/s1. The number of rotatable bonds is 0. The van der Waals surface area contributed by atoms with Gasteiger partial charge in [-0.2, -0.15) is 0 Å². The van der Waals surface area contributed by atoms with Crippen LogP contribution in [0.25, 0.3) is 0 Å². The molecule has 7 heavy (non-hydrogen) atoms. The van der Waals surface area contributed by atoms with Gasteiger partial charge in [0, 0.05) is 28.3 Å². The molecule has 0 saturated carbocycles. The molecule has 2 N–H and O–H groups in total. The number of hydrogen-bond donors (Lipinski definition) is 1. The fourth-order valence-corrected chi connectivity index (χ4v) is 2.06. The van der Waals surface area contributed by atoms with Gasteiger partial charge in [-0.3, -0.25) is 4.21 Å². The lowest BCUT2D eigenvalue weighted by Gasteiger charge is -1.91. The number of nitrogens with two attached hydrogens (primary N) is 1. The SMILES string of the molecule is N[C@@H]1CCS(=O)C1. The summed E-state index contributed by atoms with van der Waals surface area (Å²) in [6.45, 7) is 0. The molecular weight excluding hydrogens is 110 g/mol. The van der Waals surface area contributed by atoms with E-state index in [2.05, 4.69) is 0 Å². The zero-order valence-corrected chi connectivity index (χ0v) is 4.91. The molecule has 1 unspecified atom stereocenters. The van der Waals surface area contributed by atoms with Gasteiger partial charge in [0.25, 0.3) is 0 Å². The van der Waals surface area contributed by atoms with Crippen molar-refractivity contribution in [2.24, 2.45) is 5.73 Å². The van der Waals surface area contributed by atoms with Gasteiger partial charge < -0.3 is 5.73 Å². The first kappa shape index (κ1) is 5.25. The highest BCUT2D eigenvalue weighted by atomic mass is 32.2. The molecule has 3 heteroatoms. The normalized spacial score (nSPS) is 41.9. The van der Waals surface area contributed by atoms with Crippen molar-refractivity contribution in [1.82, 2.24) is 0 Å². The summed E-state index contributed by atoms with van der Waals surface area (Å²) < 4.78 is 10.5. The second kappa shape index (κ2) is 1.92. The fraction of sp³-hybridized carbons (Fsp3) is 1.00. The van der Waals surface area contributed by atoms with E-state index in [1.807, 2.05) is 0 Å². The zero-order chi connectivity index (χ0) is 5.28. The molecular formula is C4H9NOS. The highest BCUT2D eigenvalue weighted by molar-refractivity contribution is 7.85. The molecule has 0 aromatic rings. The highest BCUT2D eigenvalue weighted by Crippen LogP contribution is 2.03. The Kier molecular flexibility index (Phi) is 1.44. The molecule has 1 aliphatic heterocycles. The van der Waals surface area contributed by atoms with Crippen LogP contribution >= 0.6 is 0 Å². The van der Waals surface area contributed by atoms with Gasteiger partial charge in [-0.15, -0.1) is 0 Å². The Balaban J connectivity index is 2.40. The third kappa shape index (κ3) is 1.24. The van der Waals surface area contributed by atoms with E-state index < -0.39 is 10.8 Å². The summed E-state index contributed by atoms with van der Waals surface area (Å²) in [5.41, 5.74) is 5.43. The van der Waals surface area contributed by atoms with E-state index in [1.165, 1.54) is 0 Å². The van der Waals surface area contributed by atoms with Crippen molar-refractivity contribution >= 4 is 10.8 Å². The largest absolute Gasteiger partial charge is 0.327 e. The minimum atomic E-state index is -0.578. The first-order valence-corrected chi connectivity index (χ1v) is 3.88. The van der Waals surface area contributed by atoms with Gasteiger partial charge in [0.2, 0.25) is 0 Å². The predicted molar refractivity (Wildman–Crippen MR) is 30.5 cm³/mol. The van der Waals surface area contributed by atoms with Crippen molar-refractivity contribution in [2.75, 3.05) is 11.5 Å². The molecule has 0 radical (unpaired) electrons. The van der Waals surface area contributed by atoms with Crippen molar-refractivity contribution in [3.8, 4) is 0 Å². The molecule has 1 saturated heterocycles. The monoisotopic (exact) mass is 119 g/mol. The average Bonchev–Trinajstić information content (AvgIpc) is 1.87. The van der Waals surface area contributed by atoms with Gasteiger partial charge >= 0.3 is 0 Å². The summed E-state index contributed by atoms with van der Waals surface area (Å²) >= 11 is 0. The lowest BCUT2D eigenvalue weighted by atomic mass is 10.3. The molecule has 0 amide bonds. The van der Waals surface area contributed by atoms with Gasteiger partial charge in [-0.25, -0.2) is 0 Å². The molecule has 1 aliphatic rings. The summed E-state index contributed by atoms with van der Waals surface area (Å²) in [6, 6.07) is 0.223. The third-order valence-corrected chi connectivity index (χ3v) is 2.61. The second-order valence-corrected chi connectivity index (χ2v) is 3.48. The van der Waals surface area contributed by atoms with Crippen LogP contribution in [0.3, 0.4) is 0 Å². The Morgan fingerprint density at radius 1 is 1.71 bits per heavy atom. The Bertz CT molecular complexity index is 93.7. The van der Waals surface area contributed by atoms with Crippen LogP contribution in [0.4, 0.5) is 0 Å². The molecule has 1 heterocycles. The topological polar surface area (TPSA) is 43.1 Å². The van der Waals surface area contributed by atoms with Crippen LogP contribution in [0.5, 0.6) is 0 Å². The Morgan fingerprint density at radius 3 is 2.57 bits per heavy atom. The predicted octanol–water partition coefficient (Wildman–Crippen LogP) is -0.534. The molecule has 0 aromatic carbocycles. The van der Waals surface area contributed by atoms with Gasteiger partial charge in [-0.05, 0) is 6.42 Å². The first-order valence-electron chi connectivity index (χ1n) is 2.39. The molecule has 0 aromatic heterocycles. The van der Waals surface area contributed by atoms with Gasteiger partial charge in [0.15, 0.2) is 0 Å². The smallest absolute Gasteiger partial charge is 0.0386 e. The second-order valence-electron chi connectivity index (χ2n) is 1.86. The molecule has 2 atom stereocenters. The maximum Gasteiger partial charge on any atom is 0.0386 e. The average molecular weight is 119 g/mol. The fourth-order valence-electron chi connectivity index (χ4n) is 0.688. The van der Waals surface area contributed by atoms with Gasteiger partial charge in [-0.1, -0.05) is 0 Å². The summed E-state index contributed by atoms with van der Waals surface area (Å²) in [6.07, 6.45) is 0.951. The van der Waals surface area contributed by atoms with E-state index in [4.69, 9.17) is 5.73 Å². The molecule has 42 valence electrons. The van der Waals surface area contributed by atoms with Crippen molar-refractivity contribution in [2.45, 2.75) is 12.5 Å². The summed E-state index contributed by atoms with van der Waals surface area (Å²) in [7, 11) is -0.578. The lowest BCUT2D eigenvalue weighted by Crippen LogP contribution is -2.18. The van der Waals surface area contributed by atoms with Crippen LogP contribution in [0.2, 0.25) is 0 Å². The first-order chi connectivity index (χ1) is 3.29. The van der Waals surface area contributed by atoms with E-state index in [9.17, 15) is 4.21 Å². The van der Waals surface area contributed by atoms with E-state index in [-0.39, 0.29) is 6.04 Å². The molecule has 1 rings (SSSR count). The molecule has 2 nitrogen and oxygen atoms in total.